The van der Waals surface area contributed by atoms with Crippen LogP contribution in [0.3, 0.4) is 0 Å². The Balaban J connectivity index is -0.0000000270. The molecular weight excluding hydrogens is 342 g/mol. The molecule has 0 N–H and O–H groups in total. The van der Waals surface area contributed by atoms with Gasteiger partial charge in [0.2, 0.25) is 0 Å². The molecule has 0 spiro atoms. The molecule has 14 heavy (non-hydrogen) atoms. The number of rotatable bonds is 0. The van der Waals surface area contributed by atoms with E-state index in [0.717, 1.165) is 0 Å². The smallest absolute Gasteiger partial charge is 0.784 e. The van der Waals surface area contributed by atoms with E-state index in [4.69, 9.17) is 39.9 Å². The third kappa shape index (κ3) is 1080. The molecule has 0 aromatic carbocycles. The Kier molecular flexibility index (Phi) is 50.4. The molecule has 0 aliphatic rings. The van der Waals surface area contributed by atoms with Crippen LogP contribution in [0.2, 0.25) is 0 Å². The molecule has 0 radical (unpaired) electrons. The van der Waals surface area contributed by atoms with Crippen molar-refractivity contribution >= 4 is 34.1 Å². The largest absolute Gasteiger partial charge is 3.00 e. The second-order valence-electron chi connectivity index (χ2n) is 0.612. The van der Waals surface area contributed by atoms with E-state index < -0.39 is 34.1 Å². The van der Waals surface area contributed by atoms with E-state index in [1.54, 1.807) is 0 Å². The fourth-order valence-electron chi connectivity index (χ4n) is 0. The zero-order valence-electron chi connectivity index (χ0n) is 5.79. The summed E-state index contributed by atoms with van der Waals surface area (Å²) in [6.45, 7) is 0. The van der Waals surface area contributed by atoms with Crippen molar-refractivity contribution in [3.05, 3.63) is 0 Å². The molecule has 0 aliphatic heterocycles. The van der Waals surface area contributed by atoms with Crippen LogP contribution in [0.25, 0.3) is 0 Å². The Morgan fingerprint density at radius 2 is 0.500 bits per heavy atom. The fourth-order valence-corrected chi connectivity index (χ4v) is 0. The molecule has 0 aromatic rings. The van der Waals surface area contributed by atoms with Gasteiger partial charge in [-0.3, -0.25) is 12.6 Å². The van der Waals surface area contributed by atoms with Crippen LogP contribution >= 0.6 is 0 Å². The first-order valence-corrected chi connectivity index (χ1v) is 4.50. The average Bonchev–Trinajstić information content (AvgIpc) is 1.54. The molecule has 14 heteroatoms. The standard InChI is InChI=1S/3H2O3S.2V/c3*1-4(2)3;;/h3*(H2,1,2,3);;/q;;;2*+3/p-6. The summed E-state index contributed by atoms with van der Waals surface area (Å²) in [7, 11) is 0. The fraction of sp³-hybridized carbons (Fsp3) is 0. The van der Waals surface area contributed by atoms with Crippen LogP contribution in [-0.4, -0.2) is 39.9 Å². The number of hydrogen-bond acceptors (Lipinski definition) is 9. The van der Waals surface area contributed by atoms with Gasteiger partial charge in [-0.2, -0.15) is 0 Å². The minimum absolute atomic E-state index is 0. The molecule has 0 saturated heterocycles. The van der Waals surface area contributed by atoms with Crippen LogP contribution in [0.5, 0.6) is 0 Å². The monoisotopic (exact) mass is 342 g/mol. The molecule has 0 fully saturated rings. The van der Waals surface area contributed by atoms with Crippen molar-refractivity contribution in [1.82, 2.24) is 0 Å². The second-order valence-corrected chi connectivity index (χ2v) is 1.84. The molecule has 0 saturated carbocycles. The van der Waals surface area contributed by atoms with Crippen molar-refractivity contribution in [3.63, 3.8) is 0 Å². The summed E-state index contributed by atoms with van der Waals surface area (Å²) < 4.78 is 76.0. The van der Waals surface area contributed by atoms with E-state index in [1.807, 2.05) is 0 Å². The molecule has 0 bridgehead atoms. The summed E-state index contributed by atoms with van der Waals surface area (Å²) in [5.74, 6) is 0. The molecule has 9 nitrogen and oxygen atoms in total. The summed E-state index contributed by atoms with van der Waals surface area (Å²) >= 11 is -9.33. The summed E-state index contributed by atoms with van der Waals surface area (Å²) in [6.07, 6.45) is 0. The maximum Gasteiger partial charge on any atom is 3.00 e. The van der Waals surface area contributed by atoms with Crippen molar-refractivity contribution in [2.75, 3.05) is 0 Å². The van der Waals surface area contributed by atoms with Gasteiger partial charge in [0.15, 0.2) is 0 Å². The van der Waals surface area contributed by atoms with E-state index in [1.165, 1.54) is 0 Å². The van der Waals surface area contributed by atoms with Gasteiger partial charge in [0, 0.05) is 0 Å². The minimum atomic E-state index is -3.11. The number of hydrogen-bond donors (Lipinski definition) is 0. The molecule has 0 aliphatic carbocycles. The van der Waals surface area contributed by atoms with Gasteiger partial charge in [-0.25, -0.2) is 0 Å². The van der Waals surface area contributed by atoms with E-state index in [9.17, 15) is 0 Å². The van der Waals surface area contributed by atoms with Crippen LogP contribution < -0.4 is 0 Å². The van der Waals surface area contributed by atoms with Gasteiger partial charge in [-0.05, 0) is 0 Å². The third-order valence-corrected chi connectivity index (χ3v) is 0. The van der Waals surface area contributed by atoms with Crippen LogP contribution in [-0.2, 0) is 71.2 Å². The predicted octanol–water partition coefficient (Wildman–Crippen LogP) is -3.02. The third-order valence-electron chi connectivity index (χ3n) is 0. The van der Waals surface area contributed by atoms with Gasteiger partial charge >= 0.3 is 37.1 Å². The van der Waals surface area contributed by atoms with E-state index in [0.29, 0.717) is 0 Å². The summed E-state index contributed by atoms with van der Waals surface area (Å²) in [5.41, 5.74) is 0. The molecule has 0 rings (SSSR count). The van der Waals surface area contributed by atoms with E-state index in [2.05, 4.69) is 0 Å². The first-order valence-electron chi connectivity index (χ1n) is 1.50. The molecule has 0 amide bonds. The minimum Gasteiger partial charge on any atom is -0.784 e. The zero-order chi connectivity index (χ0) is 10.7. The molecule has 0 unspecified atom stereocenters. The summed E-state index contributed by atoms with van der Waals surface area (Å²) in [4.78, 5) is 0. The van der Waals surface area contributed by atoms with Crippen LogP contribution in [0, 0.1) is 0 Å². The van der Waals surface area contributed by atoms with Crippen molar-refractivity contribution in [2.45, 2.75) is 0 Å². The SMILES string of the molecule is O=S([O-])[O-].O=S([O-])[O-].O=S([O-])[O-].[V+3].[V+3]. The Hall–Kier alpha value is 1.38. The molecule has 0 aromatic heterocycles. The van der Waals surface area contributed by atoms with Crippen molar-refractivity contribution < 1.29 is 77.1 Å². The summed E-state index contributed by atoms with van der Waals surface area (Å²) in [5, 5.41) is 0. The Morgan fingerprint density at radius 3 is 0.500 bits per heavy atom. The van der Waals surface area contributed by atoms with Gasteiger partial charge in [0.1, 0.15) is 0 Å². The second kappa shape index (κ2) is 23.9. The molecule has 82 valence electrons. The quantitative estimate of drug-likeness (QED) is 0.412. The van der Waals surface area contributed by atoms with Crippen molar-refractivity contribution in [3.8, 4) is 0 Å². The van der Waals surface area contributed by atoms with Gasteiger partial charge in [-0.1, -0.05) is 0 Å². The van der Waals surface area contributed by atoms with Gasteiger partial charge in [-0.15, -0.1) is 34.1 Å². The molecule has 0 atom stereocenters. The van der Waals surface area contributed by atoms with Gasteiger partial charge < -0.3 is 27.3 Å². The average molecular weight is 342 g/mol. The van der Waals surface area contributed by atoms with Crippen LogP contribution in [0.4, 0.5) is 0 Å². The topological polar surface area (TPSA) is 190 Å². The first kappa shape index (κ1) is 29.5. The maximum absolute atomic E-state index is 8.44. The van der Waals surface area contributed by atoms with Crippen molar-refractivity contribution in [1.29, 1.82) is 0 Å². The Bertz CT molecular complexity index is 116. The Morgan fingerprint density at radius 1 is 0.500 bits per heavy atom. The van der Waals surface area contributed by atoms with Gasteiger partial charge in [0.05, 0.1) is 0 Å². The predicted molar refractivity (Wildman–Crippen MR) is 29.1 cm³/mol. The van der Waals surface area contributed by atoms with E-state index >= 15 is 0 Å². The Labute approximate surface area is 111 Å². The zero-order valence-corrected chi connectivity index (χ0v) is 11.0. The normalized spacial score (nSPS) is 7.50. The van der Waals surface area contributed by atoms with E-state index in [-0.39, 0.29) is 37.1 Å². The molecule has 0 heterocycles. The van der Waals surface area contributed by atoms with Crippen LogP contribution in [0.15, 0.2) is 0 Å². The van der Waals surface area contributed by atoms with Crippen LogP contribution in [0.1, 0.15) is 0 Å². The van der Waals surface area contributed by atoms with Crippen molar-refractivity contribution in [2.24, 2.45) is 0 Å². The molecular formula is O9S3V2. The first-order chi connectivity index (χ1) is 5.20. The van der Waals surface area contributed by atoms with Gasteiger partial charge in [0.25, 0.3) is 0 Å². The maximum atomic E-state index is 8.44. The summed E-state index contributed by atoms with van der Waals surface area (Å²) in [6, 6.07) is 0.